The van der Waals surface area contributed by atoms with E-state index in [0.29, 0.717) is 11.7 Å². The molecule has 1 aliphatic rings. The quantitative estimate of drug-likeness (QED) is 0.310. The van der Waals surface area contributed by atoms with Crippen molar-refractivity contribution in [2.45, 2.75) is 129 Å². The molecule has 0 aliphatic heterocycles. The molecule has 0 aromatic heterocycles. The van der Waals surface area contributed by atoms with Gasteiger partial charge in [0.15, 0.2) is 0 Å². The van der Waals surface area contributed by atoms with Crippen molar-refractivity contribution < 1.29 is 4.79 Å². The lowest BCUT2D eigenvalue weighted by Crippen LogP contribution is -2.17. The van der Waals surface area contributed by atoms with Gasteiger partial charge in [0.05, 0.1) is 0 Å². The number of carbonyl (C=O) groups is 1. The van der Waals surface area contributed by atoms with Crippen molar-refractivity contribution in [1.29, 1.82) is 0 Å². The minimum atomic E-state index is 0. The van der Waals surface area contributed by atoms with Crippen LogP contribution in [0.3, 0.4) is 0 Å². The molecule has 0 radical (unpaired) electrons. The molecule has 0 atom stereocenters. The summed E-state index contributed by atoms with van der Waals surface area (Å²) < 4.78 is 0. The topological polar surface area (TPSA) is 52.1 Å². The molecule has 0 unspecified atom stereocenters. The zero-order valence-electron chi connectivity index (χ0n) is 16.6. The van der Waals surface area contributed by atoms with E-state index in [2.05, 4.69) is 6.92 Å². The third-order valence-corrected chi connectivity index (χ3v) is 5.59. The Morgan fingerprint density at radius 3 is 1.54 bits per heavy atom. The van der Waals surface area contributed by atoms with E-state index in [-0.39, 0.29) is 6.15 Å². The Bertz CT molecular complexity index is 271. The third kappa shape index (κ3) is 13.0. The molecule has 0 saturated heterocycles. The lowest BCUT2D eigenvalue weighted by Gasteiger charge is -2.20. The van der Waals surface area contributed by atoms with Crippen LogP contribution in [0.2, 0.25) is 0 Å². The van der Waals surface area contributed by atoms with Crippen LogP contribution in [0.25, 0.3) is 0 Å². The van der Waals surface area contributed by atoms with Crippen molar-refractivity contribution in [3.8, 4) is 0 Å². The van der Waals surface area contributed by atoms with Gasteiger partial charge in [-0.05, 0) is 19.3 Å². The molecule has 1 saturated carbocycles. The molecule has 0 amide bonds. The Hall–Kier alpha value is -0.370. The summed E-state index contributed by atoms with van der Waals surface area (Å²) in [6.45, 7) is 2.28. The van der Waals surface area contributed by atoms with Crippen LogP contribution in [0.5, 0.6) is 0 Å². The minimum Gasteiger partial charge on any atom is -0.344 e. The van der Waals surface area contributed by atoms with Gasteiger partial charge < -0.3 is 6.15 Å². The van der Waals surface area contributed by atoms with E-state index in [1.165, 1.54) is 109 Å². The van der Waals surface area contributed by atoms with Gasteiger partial charge in [0.2, 0.25) is 0 Å². The number of Topliss-reactive ketones (excluding diaryl/α,β-unsaturated/α-hetero) is 1. The summed E-state index contributed by atoms with van der Waals surface area (Å²) in [4.78, 5) is 12.1. The molecule has 0 bridgehead atoms. The van der Waals surface area contributed by atoms with E-state index in [9.17, 15) is 4.79 Å². The SMILES string of the molecule is CCCCCCCCCCCCCCCC(=O)C1CCCCC1.N. The second kappa shape index (κ2) is 17.5. The third-order valence-electron chi connectivity index (χ3n) is 5.59. The van der Waals surface area contributed by atoms with Crippen LogP contribution in [0.1, 0.15) is 129 Å². The standard InChI is InChI=1S/C22H42O.H3N/c1-2-3-4-5-6-7-8-9-10-11-12-13-17-20-22(23)21-18-15-14-16-19-21;/h21H,2-20H2,1H3;1H3. The molecule has 144 valence electrons. The molecule has 1 fully saturated rings. The van der Waals surface area contributed by atoms with Crippen LogP contribution in [-0.4, -0.2) is 5.78 Å². The van der Waals surface area contributed by atoms with Crippen LogP contribution < -0.4 is 6.15 Å². The number of hydrogen-bond acceptors (Lipinski definition) is 2. The number of ketones is 1. The summed E-state index contributed by atoms with van der Waals surface area (Å²) in [5.74, 6) is 1.01. The first-order valence-corrected chi connectivity index (χ1v) is 10.9. The van der Waals surface area contributed by atoms with Gasteiger partial charge >= 0.3 is 0 Å². The molecule has 1 rings (SSSR count). The van der Waals surface area contributed by atoms with E-state index < -0.39 is 0 Å². The maximum absolute atomic E-state index is 12.1. The molecule has 3 N–H and O–H groups in total. The van der Waals surface area contributed by atoms with E-state index in [0.717, 1.165) is 12.8 Å². The zero-order valence-corrected chi connectivity index (χ0v) is 16.6. The van der Waals surface area contributed by atoms with Crippen molar-refractivity contribution in [2.75, 3.05) is 0 Å². The summed E-state index contributed by atoms with van der Waals surface area (Å²) in [5, 5.41) is 0. The zero-order chi connectivity index (χ0) is 16.6. The van der Waals surface area contributed by atoms with Crippen LogP contribution in [0.15, 0.2) is 0 Å². The van der Waals surface area contributed by atoms with E-state index in [4.69, 9.17) is 0 Å². The van der Waals surface area contributed by atoms with Gasteiger partial charge in [-0.2, -0.15) is 0 Å². The van der Waals surface area contributed by atoms with Gasteiger partial charge in [-0.3, -0.25) is 4.79 Å². The second-order valence-corrected chi connectivity index (χ2v) is 7.79. The van der Waals surface area contributed by atoms with Crippen LogP contribution in [-0.2, 0) is 4.79 Å². The molecule has 24 heavy (non-hydrogen) atoms. The normalized spacial score (nSPS) is 15.2. The highest BCUT2D eigenvalue weighted by Crippen LogP contribution is 2.26. The van der Waals surface area contributed by atoms with Gasteiger partial charge in [0.25, 0.3) is 0 Å². The average Bonchev–Trinajstić information content (AvgIpc) is 2.59. The van der Waals surface area contributed by atoms with Gasteiger partial charge in [-0.15, -0.1) is 0 Å². The number of unbranched alkanes of at least 4 members (excludes halogenated alkanes) is 12. The second-order valence-electron chi connectivity index (χ2n) is 7.79. The van der Waals surface area contributed by atoms with Gasteiger partial charge in [-0.25, -0.2) is 0 Å². The van der Waals surface area contributed by atoms with Gasteiger partial charge in [0, 0.05) is 12.3 Å². The average molecular weight is 340 g/mol. The first-order chi connectivity index (χ1) is 11.3. The number of hydrogen-bond donors (Lipinski definition) is 1. The molecule has 2 nitrogen and oxygen atoms in total. The molecule has 0 aromatic rings. The summed E-state index contributed by atoms with van der Waals surface area (Å²) in [7, 11) is 0. The van der Waals surface area contributed by atoms with Crippen LogP contribution >= 0.6 is 0 Å². The lowest BCUT2D eigenvalue weighted by atomic mass is 9.84. The highest BCUT2D eigenvalue weighted by Gasteiger charge is 2.19. The van der Waals surface area contributed by atoms with Crippen molar-refractivity contribution in [1.82, 2.24) is 6.15 Å². The first kappa shape index (κ1) is 23.6. The monoisotopic (exact) mass is 339 g/mol. The maximum atomic E-state index is 12.1. The predicted octanol–water partition coefficient (Wildman–Crippen LogP) is 7.78. The number of rotatable bonds is 15. The van der Waals surface area contributed by atoms with Crippen LogP contribution in [0.4, 0.5) is 0 Å². The molecular formula is C22H45NO. The number of carbonyl (C=O) groups excluding carboxylic acids is 1. The molecule has 1 aliphatic carbocycles. The molecular weight excluding hydrogens is 294 g/mol. The van der Waals surface area contributed by atoms with E-state index in [1.807, 2.05) is 0 Å². The largest absolute Gasteiger partial charge is 0.344 e. The lowest BCUT2D eigenvalue weighted by molar-refractivity contribution is -0.123. The first-order valence-electron chi connectivity index (χ1n) is 10.9. The van der Waals surface area contributed by atoms with Crippen molar-refractivity contribution in [3.05, 3.63) is 0 Å². The highest BCUT2D eigenvalue weighted by molar-refractivity contribution is 5.80. The maximum Gasteiger partial charge on any atom is 0.135 e. The van der Waals surface area contributed by atoms with E-state index in [1.54, 1.807) is 0 Å². The van der Waals surface area contributed by atoms with Crippen LogP contribution in [0, 0.1) is 5.92 Å². The van der Waals surface area contributed by atoms with E-state index >= 15 is 0 Å². The van der Waals surface area contributed by atoms with Crippen molar-refractivity contribution >= 4 is 5.78 Å². The predicted molar refractivity (Wildman–Crippen MR) is 107 cm³/mol. The fourth-order valence-corrected chi connectivity index (χ4v) is 3.95. The Morgan fingerprint density at radius 2 is 1.08 bits per heavy atom. The minimum absolute atomic E-state index is 0. The molecule has 0 heterocycles. The smallest absolute Gasteiger partial charge is 0.135 e. The Morgan fingerprint density at radius 1 is 0.667 bits per heavy atom. The summed E-state index contributed by atoms with van der Waals surface area (Å²) in [6.07, 6.45) is 25.1. The summed E-state index contributed by atoms with van der Waals surface area (Å²) >= 11 is 0. The molecule has 2 heteroatoms. The van der Waals surface area contributed by atoms with Crippen molar-refractivity contribution in [2.24, 2.45) is 5.92 Å². The highest BCUT2D eigenvalue weighted by atomic mass is 16.1. The van der Waals surface area contributed by atoms with Crippen molar-refractivity contribution in [3.63, 3.8) is 0 Å². The fourth-order valence-electron chi connectivity index (χ4n) is 3.95. The Kier molecular flexibility index (Phi) is 17.2. The Balaban J connectivity index is 0.00000529. The Labute approximate surface area is 152 Å². The van der Waals surface area contributed by atoms with Gasteiger partial charge in [-0.1, -0.05) is 103 Å². The van der Waals surface area contributed by atoms with Gasteiger partial charge in [0.1, 0.15) is 5.78 Å². The summed E-state index contributed by atoms with van der Waals surface area (Å²) in [5.41, 5.74) is 0. The fraction of sp³-hybridized carbons (Fsp3) is 0.955. The molecule has 0 aromatic carbocycles. The summed E-state index contributed by atoms with van der Waals surface area (Å²) in [6, 6.07) is 0. The molecule has 0 spiro atoms.